The molecular formula is C22H19N3O3S. The van der Waals surface area contributed by atoms with Crippen molar-refractivity contribution in [3.8, 4) is 0 Å². The largest absolute Gasteiger partial charge is 0.350 e. The minimum absolute atomic E-state index is 0.314. The van der Waals surface area contributed by atoms with Crippen molar-refractivity contribution in [1.82, 2.24) is 9.47 Å². The lowest BCUT2D eigenvalue weighted by Crippen LogP contribution is -2.36. The Morgan fingerprint density at radius 1 is 1.10 bits per heavy atom. The van der Waals surface area contributed by atoms with E-state index in [1.165, 1.54) is 0 Å². The minimum Gasteiger partial charge on any atom is -0.350 e. The Kier molecular flexibility index (Phi) is 4.98. The highest BCUT2D eigenvalue weighted by molar-refractivity contribution is 8.18. The summed E-state index contributed by atoms with van der Waals surface area (Å²) in [6, 6.07) is 15.2. The summed E-state index contributed by atoms with van der Waals surface area (Å²) in [6.45, 7) is 1.64. The summed E-state index contributed by atoms with van der Waals surface area (Å²) < 4.78 is 1.97. The molecule has 1 fully saturated rings. The smallest absolute Gasteiger partial charge is 0.294 e. The van der Waals surface area contributed by atoms with Gasteiger partial charge in [-0.05, 0) is 43.0 Å². The fourth-order valence-electron chi connectivity index (χ4n) is 3.25. The normalized spacial score (nSPS) is 15.5. The Bertz CT molecular complexity index is 1160. The van der Waals surface area contributed by atoms with Crippen LogP contribution in [-0.4, -0.2) is 33.1 Å². The molecule has 1 aliphatic rings. The van der Waals surface area contributed by atoms with Crippen molar-refractivity contribution in [2.45, 2.75) is 6.92 Å². The zero-order valence-electron chi connectivity index (χ0n) is 16.0. The van der Waals surface area contributed by atoms with Crippen LogP contribution >= 0.6 is 11.8 Å². The van der Waals surface area contributed by atoms with E-state index in [2.05, 4.69) is 5.32 Å². The van der Waals surface area contributed by atoms with Gasteiger partial charge in [0.2, 0.25) is 5.91 Å². The second kappa shape index (κ2) is 7.60. The number of thioether (sulfide) groups is 1. The number of aryl methyl sites for hydroxylation is 2. The van der Waals surface area contributed by atoms with Gasteiger partial charge >= 0.3 is 0 Å². The summed E-state index contributed by atoms with van der Waals surface area (Å²) in [6.07, 6.45) is 3.63. The van der Waals surface area contributed by atoms with Gasteiger partial charge in [-0.2, -0.15) is 0 Å². The van der Waals surface area contributed by atoms with Crippen molar-refractivity contribution >= 4 is 51.5 Å². The second-order valence-electron chi connectivity index (χ2n) is 6.89. The molecule has 1 N–H and O–H groups in total. The van der Waals surface area contributed by atoms with Crippen molar-refractivity contribution in [2.24, 2.45) is 7.05 Å². The first-order valence-electron chi connectivity index (χ1n) is 9.08. The van der Waals surface area contributed by atoms with E-state index in [-0.39, 0.29) is 6.54 Å². The van der Waals surface area contributed by atoms with Crippen LogP contribution in [0.15, 0.2) is 59.6 Å². The van der Waals surface area contributed by atoms with E-state index in [4.69, 9.17) is 0 Å². The molecule has 1 aliphatic heterocycles. The van der Waals surface area contributed by atoms with Crippen molar-refractivity contribution < 1.29 is 14.4 Å². The third-order valence-electron chi connectivity index (χ3n) is 4.73. The lowest BCUT2D eigenvalue weighted by atomic mass is 10.1. The maximum absolute atomic E-state index is 12.7. The molecule has 0 radical (unpaired) electrons. The van der Waals surface area contributed by atoms with Gasteiger partial charge in [0.15, 0.2) is 0 Å². The van der Waals surface area contributed by atoms with E-state index < -0.39 is 17.1 Å². The number of aromatic nitrogens is 1. The average molecular weight is 405 g/mol. The second-order valence-corrected chi connectivity index (χ2v) is 7.89. The van der Waals surface area contributed by atoms with Gasteiger partial charge in [0.1, 0.15) is 6.54 Å². The fourth-order valence-corrected chi connectivity index (χ4v) is 4.08. The summed E-state index contributed by atoms with van der Waals surface area (Å²) in [7, 11) is 1.93. The third-order valence-corrected chi connectivity index (χ3v) is 5.63. The number of rotatable bonds is 4. The summed E-state index contributed by atoms with van der Waals surface area (Å²) >= 11 is 0.854. The number of anilines is 1. The van der Waals surface area contributed by atoms with Crippen LogP contribution in [0.25, 0.3) is 17.0 Å². The SMILES string of the molecule is Cc1ccc(NC(=O)CN2C(=O)SC(=Cc3cn(C)c4ccccc34)C2=O)cc1. The van der Waals surface area contributed by atoms with Crippen LogP contribution in [0.2, 0.25) is 0 Å². The molecule has 0 saturated carbocycles. The topological polar surface area (TPSA) is 71.4 Å². The zero-order chi connectivity index (χ0) is 20.5. The van der Waals surface area contributed by atoms with Crippen molar-refractivity contribution in [3.05, 3.63) is 70.8 Å². The molecule has 2 heterocycles. The summed E-state index contributed by atoms with van der Waals surface area (Å²) in [4.78, 5) is 38.6. The predicted octanol–water partition coefficient (Wildman–Crippen LogP) is 4.16. The monoisotopic (exact) mass is 405 g/mol. The molecule has 1 saturated heterocycles. The Morgan fingerprint density at radius 3 is 2.59 bits per heavy atom. The first-order valence-corrected chi connectivity index (χ1v) is 9.90. The highest BCUT2D eigenvalue weighted by atomic mass is 32.2. The van der Waals surface area contributed by atoms with Crippen molar-refractivity contribution in [1.29, 1.82) is 0 Å². The molecule has 4 rings (SSSR count). The van der Waals surface area contributed by atoms with Gasteiger partial charge in [-0.3, -0.25) is 19.3 Å². The first kappa shape index (κ1) is 19.0. The fraction of sp³-hybridized carbons (Fsp3) is 0.136. The number of carbonyl (C=O) groups is 3. The third kappa shape index (κ3) is 3.82. The molecule has 146 valence electrons. The zero-order valence-corrected chi connectivity index (χ0v) is 16.8. The molecule has 7 heteroatoms. The van der Waals surface area contributed by atoms with Crippen LogP contribution in [0.5, 0.6) is 0 Å². The van der Waals surface area contributed by atoms with E-state index in [1.54, 1.807) is 18.2 Å². The number of nitrogens with zero attached hydrogens (tertiary/aromatic N) is 2. The molecule has 0 unspecified atom stereocenters. The molecule has 3 amide bonds. The van der Waals surface area contributed by atoms with Gasteiger partial charge < -0.3 is 9.88 Å². The van der Waals surface area contributed by atoms with Gasteiger partial charge in [0, 0.05) is 35.4 Å². The van der Waals surface area contributed by atoms with E-state index in [1.807, 2.05) is 61.1 Å². The molecule has 6 nitrogen and oxygen atoms in total. The molecule has 0 atom stereocenters. The highest BCUT2D eigenvalue weighted by Gasteiger charge is 2.36. The number of imide groups is 1. The quantitative estimate of drug-likeness (QED) is 0.662. The molecular weight excluding hydrogens is 386 g/mol. The van der Waals surface area contributed by atoms with Gasteiger partial charge in [0.05, 0.1) is 4.91 Å². The van der Waals surface area contributed by atoms with Crippen LogP contribution in [0.1, 0.15) is 11.1 Å². The van der Waals surface area contributed by atoms with Crippen LogP contribution in [-0.2, 0) is 16.6 Å². The molecule has 0 spiro atoms. The Hall–Kier alpha value is -3.32. The van der Waals surface area contributed by atoms with E-state index in [0.29, 0.717) is 10.6 Å². The van der Waals surface area contributed by atoms with E-state index in [9.17, 15) is 14.4 Å². The Morgan fingerprint density at radius 2 is 1.83 bits per heavy atom. The van der Waals surface area contributed by atoms with Gasteiger partial charge in [-0.25, -0.2) is 0 Å². The summed E-state index contributed by atoms with van der Waals surface area (Å²) in [5.74, 6) is -0.866. The Labute approximate surface area is 172 Å². The lowest BCUT2D eigenvalue weighted by Gasteiger charge is -2.12. The molecule has 0 bridgehead atoms. The maximum atomic E-state index is 12.7. The predicted molar refractivity (Wildman–Crippen MR) is 115 cm³/mol. The number of carbonyl (C=O) groups excluding carboxylic acids is 3. The Balaban J connectivity index is 1.51. The molecule has 29 heavy (non-hydrogen) atoms. The number of nitrogens with one attached hydrogen (secondary N) is 1. The first-order chi connectivity index (χ1) is 13.9. The van der Waals surface area contributed by atoms with Crippen molar-refractivity contribution in [2.75, 3.05) is 11.9 Å². The molecule has 2 aromatic carbocycles. The van der Waals surface area contributed by atoms with Gasteiger partial charge in [0.25, 0.3) is 11.1 Å². The number of fused-ring (bicyclic) bond motifs is 1. The molecule has 1 aromatic heterocycles. The molecule has 0 aliphatic carbocycles. The summed E-state index contributed by atoms with van der Waals surface area (Å²) in [5, 5.41) is 3.27. The lowest BCUT2D eigenvalue weighted by molar-refractivity contribution is -0.127. The number of hydrogen-bond acceptors (Lipinski definition) is 4. The minimum atomic E-state index is -0.452. The number of para-hydroxylation sites is 1. The average Bonchev–Trinajstić information content (AvgIpc) is 3.15. The van der Waals surface area contributed by atoms with Crippen LogP contribution in [0, 0.1) is 6.92 Å². The van der Waals surface area contributed by atoms with E-state index >= 15 is 0 Å². The van der Waals surface area contributed by atoms with Gasteiger partial charge in [-0.15, -0.1) is 0 Å². The van der Waals surface area contributed by atoms with Crippen LogP contribution < -0.4 is 5.32 Å². The van der Waals surface area contributed by atoms with Crippen molar-refractivity contribution in [3.63, 3.8) is 0 Å². The highest BCUT2D eigenvalue weighted by Crippen LogP contribution is 2.33. The van der Waals surface area contributed by atoms with Crippen LogP contribution in [0.4, 0.5) is 10.5 Å². The maximum Gasteiger partial charge on any atom is 0.294 e. The van der Waals surface area contributed by atoms with E-state index in [0.717, 1.165) is 38.7 Å². The standard InChI is InChI=1S/C22H19N3O3S/c1-14-7-9-16(10-8-14)23-20(26)13-25-21(27)19(29-22(25)28)11-15-12-24(2)18-6-4-3-5-17(15)18/h3-12H,13H2,1-2H3,(H,23,26). The number of hydrogen-bond donors (Lipinski definition) is 1. The number of amides is 3. The van der Waals surface area contributed by atoms with Gasteiger partial charge in [-0.1, -0.05) is 35.9 Å². The number of benzene rings is 2. The van der Waals surface area contributed by atoms with Crippen LogP contribution in [0.3, 0.4) is 0 Å². The summed E-state index contributed by atoms with van der Waals surface area (Å²) in [5.41, 5.74) is 3.60. The molecule has 3 aromatic rings.